The standard InChI is InChI=1S/C13H12N2O3/c1-17-12-11(14-7-15-13(12)16)9-2-3-10-8(6-9)4-5-18-10/h2-3,6-7H,4-5H2,1H3,(H,14,15,16). The summed E-state index contributed by atoms with van der Waals surface area (Å²) in [4.78, 5) is 18.3. The average molecular weight is 244 g/mol. The maximum atomic E-state index is 11.6. The van der Waals surface area contributed by atoms with Gasteiger partial charge in [-0.1, -0.05) is 0 Å². The second-order valence-electron chi connectivity index (χ2n) is 4.03. The number of rotatable bonds is 2. The van der Waals surface area contributed by atoms with Crippen LogP contribution < -0.4 is 15.0 Å². The predicted octanol–water partition coefficient (Wildman–Crippen LogP) is 1.38. The van der Waals surface area contributed by atoms with E-state index in [0.29, 0.717) is 12.3 Å². The minimum Gasteiger partial charge on any atom is -0.493 e. The molecule has 0 spiro atoms. The molecule has 1 aliphatic heterocycles. The summed E-state index contributed by atoms with van der Waals surface area (Å²) in [5.41, 5.74) is 2.27. The van der Waals surface area contributed by atoms with Gasteiger partial charge in [0.15, 0.2) is 0 Å². The molecular formula is C13H12N2O3. The van der Waals surface area contributed by atoms with E-state index in [9.17, 15) is 4.79 Å². The van der Waals surface area contributed by atoms with Gasteiger partial charge in [0.2, 0.25) is 5.75 Å². The first-order chi connectivity index (χ1) is 8.79. The maximum Gasteiger partial charge on any atom is 0.293 e. The second-order valence-corrected chi connectivity index (χ2v) is 4.03. The van der Waals surface area contributed by atoms with Crippen LogP contribution in [-0.2, 0) is 6.42 Å². The fraction of sp³-hybridized carbons (Fsp3) is 0.231. The minimum atomic E-state index is -0.278. The van der Waals surface area contributed by atoms with Crippen LogP contribution in [0.15, 0.2) is 29.3 Å². The van der Waals surface area contributed by atoms with Crippen LogP contribution in [0.5, 0.6) is 11.5 Å². The number of H-pyrrole nitrogens is 1. The SMILES string of the molecule is COc1c(-c2ccc3c(c2)CCO3)nc[nH]c1=O. The Morgan fingerprint density at radius 3 is 3.17 bits per heavy atom. The van der Waals surface area contributed by atoms with Crippen LogP contribution in [0.1, 0.15) is 5.56 Å². The van der Waals surface area contributed by atoms with Gasteiger partial charge in [-0.15, -0.1) is 0 Å². The molecule has 2 aromatic rings. The Labute approximate surface area is 103 Å². The van der Waals surface area contributed by atoms with Gasteiger partial charge in [0.05, 0.1) is 20.0 Å². The summed E-state index contributed by atoms with van der Waals surface area (Å²) < 4.78 is 10.6. The van der Waals surface area contributed by atoms with Gasteiger partial charge in [-0.05, 0) is 23.8 Å². The molecule has 0 saturated carbocycles. The van der Waals surface area contributed by atoms with E-state index in [0.717, 1.165) is 23.3 Å². The first-order valence-corrected chi connectivity index (χ1v) is 5.67. The molecule has 1 aromatic carbocycles. The topological polar surface area (TPSA) is 64.2 Å². The third-order valence-electron chi connectivity index (χ3n) is 2.98. The number of benzene rings is 1. The molecule has 2 heterocycles. The first kappa shape index (κ1) is 10.8. The van der Waals surface area contributed by atoms with Crippen LogP contribution in [0.4, 0.5) is 0 Å². The third-order valence-corrected chi connectivity index (χ3v) is 2.98. The van der Waals surface area contributed by atoms with Crippen molar-refractivity contribution < 1.29 is 9.47 Å². The largest absolute Gasteiger partial charge is 0.493 e. The zero-order valence-corrected chi connectivity index (χ0v) is 9.90. The molecule has 0 fully saturated rings. The molecule has 0 saturated heterocycles. The highest BCUT2D eigenvalue weighted by Crippen LogP contribution is 2.31. The van der Waals surface area contributed by atoms with Crippen molar-refractivity contribution in [1.82, 2.24) is 9.97 Å². The van der Waals surface area contributed by atoms with Crippen molar-refractivity contribution in [2.24, 2.45) is 0 Å². The zero-order chi connectivity index (χ0) is 12.5. The zero-order valence-electron chi connectivity index (χ0n) is 9.90. The van der Waals surface area contributed by atoms with Crippen molar-refractivity contribution in [2.75, 3.05) is 13.7 Å². The molecule has 0 unspecified atom stereocenters. The Morgan fingerprint density at radius 1 is 1.44 bits per heavy atom. The molecule has 1 aromatic heterocycles. The Morgan fingerprint density at radius 2 is 2.33 bits per heavy atom. The molecular weight excluding hydrogens is 232 g/mol. The molecule has 18 heavy (non-hydrogen) atoms. The van der Waals surface area contributed by atoms with Crippen molar-refractivity contribution in [3.05, 3.63) is 40.4 Å². The lowest BCUT2D eigenvalue weighted by Gasteiger charge is -2.07. The molecule has 0 amide bonds. The average Bonchev–Trinajstić information content (AvgIpc) is 2.85. The van der Waals surface area contributed by atoms with E-state index in [1.54, 1.807) is 0 Å². The highest BCUT2D eigenvalue weighted by atomic mass is 16.5. The summed E-state index contributed by atoms with van der Waals surface area (Å²) in [6, 6.07) is 5.78. The van der Waals surface area contributed by atoms with Crippen molar-refractivity contribution >= 4 is 0 Å². The van der Waals surface area contributed by atoms with E-state index in [-0.39, 0.29) is 11.3 Å². The monoisotopic (exact) mass is 244 g/mol. The van der Waals surface area contributed by atoms with E-state index < -0.39 is 0 Å². The Kier molecular flexibility index (Phi) is 2.51. The number of hydrogen-bond acceptors (Lipinski definition) is 4. The fourth-order valence-electron chi connectivity index (χ4n) is 2.12. The van der Waals surface area contributed by atoms with Gasteiger partial charge in [-0.25, -0.2) is 4.98 Å². The lowest BCUT2D eigenvalue weighted by Crippen LogP contribution is -2.11. The maximum absolute atomic E-state index is 11.6. The van der Waals surface area contributed by atoms with Crippen LogP contribution in [-0.4, -0.2) is 23.7 Å². The lowest BCUT2D eigenvalue weighted by molar-refractivity contribution is 0.357. The van der Waals surface area contributed by atoms with E-state index in [1.807, 2.05) is 18.2 Å². The number of fused-ring (bicyclic) bond motifs is 1. The number of aromatic nitrogens is 2. The molecule has 3 rings (SSSR count). The van der Waals surface area contributed by atoms with Gasteiger partial charge >= 0.3 is 0 Å². The molecule has 1 aliphatic rings. The Bertz CT molecular complexity index is 649. The molecule has 5 nitrogen and oxygen atoms in total. The molecule has 92 valence electrons. The fourth-order valence-corrected chi connectivity index (χ4v) is 2.12. The van der Waals surface area contributed by atoms with E-state index in [4.69, 9.17) is 9.47 Å². The van der Waals surface area contributed by atoms with Crippen molar-refractivity contribution in [2.45, 2.75) is 6.42 Å². The summed E-state index contributed by atoms with van der Waals surface area (Å²) in [6.45, 7) is 0.707. The summed E-state index contributed by atoms with van der Waals surface area (Å²) in [5.74, 6) is 1.14. The highest BCUT2D eigenvalue weighted by Gasteiger charge is 2.16. The van der Waals surface area contributed by atoms with Crippen molar-refractivity contribution in [3.8, 4) is 22.8 Å². The number of methoxy groups -OCH3 is 1. The van der Waals surface area contributed by atoms with E-state index in [2.05, 4.69) is 9.97 Å². The van der Waals surface area contributed by atoms with Gasteiger partial charge in [-0.3, -0.25) is 4.79 Å². The van der Waals surface area contributed by atoms with Gasteiger partial charge in [0, 0.05) is 12.0 Å². The van der Waals surface area contributed by atoms with Gasteiger partial charge in [0.1, 0.15) is 11.4 Å². The molecule has 0 atom stereocenters. The van der Waals surface area contributed by atoms with Crippen LogP contribution >= 0.6 is 0 Å². The van der Waals surface area contributed by atoms with Gasteiger partial charge < -0.3 is 14.5 Å². The van der Waals surface area contributed by atoms with E-state index in [1.165, 1.54) is 13.4 Å². The van der Waals surface area contributed by atoms with Crippen molar-refractivity contribution in [3.63, 3.8) is 0 Å². The summed E-state index contributed by atoms with van der Waals surface area (Å²) >= 11 is 0. The summed E-state index contributed by atoms with van der Waals surface area (Å²) in [5, 5.41) is 0. The van der Waals surface area contributed by atoms with Crippen molar-refractivity contribution in [1.29, 1.82) is 0 Å². The number of nitrogens with zero attached hydrogens (tertiary/aromatic N) is 1. The quantitative estimate of drug-likeness (QED) is 0.866. The molecule has 1 N–H and O–H groups in total. The lowest BCUT2D eigenvalue weighted by atomic mass is 10.1. The van der Waals surface area contributed by atoms with Gasteiger partial charge in [-0.2, -0.15) is 0 Å². The Balaban J connectivity index is 2.16. The molecule has 0 radical (unpaired) electrons. The van der Waals surface area contributed by atoms with Crippen LogP contribution in [0.2, 0.25) is 0 Å². The van der Waals surface area contributed by atoms with Gasteiger partial charge in [0.25, 0.3) is 5.56 Å². The van der Waals surface area contributed by atoms with E-state index >= 15 is 0 Å². The highest BCUT2D eigenvalue weighted by molar-refractivity contribution is 5.67. The summed E-state index contributed by atoms with van der Waals surface area (Å²) in [6.07, 6.45) is 2.26. The van der Waals surface area contributed by atoms with Crippen LogP contribution in [0.25, 0.3) is 11.3 Å². The smallest absolute Gasteiger partial charge is 0.293 e. The molecule has 0 aliphatic carbocycles. The first-order valence-electron chi connectivity index (χ1n) is 5.67. The summed E-state index contributed by atoms with van der Waals surface area (Å²) in [7, 11) is 1.46. The molecule has 5 heteroatoms. The number of hydrogen-bond donors (Lipinski definition) is 1. The second kappa shape index (κ2) is 4.18. The normalized spacial score (nSPS) is 12.9. The number of nitrogens with one attached hydrogen (secondary N) is 1. The third kappa shape index (κ3) is 1.64. The minimum absolute atomic E-state index is 0.233. The van der Waals surface area contributed by atoms with Crippen LogP contribution in [0, 0.1) is 0 Å². The molecule has 0 bridgehead atoms. The number of ether oxygens (including phenoxy) is 2. The Hall–Kier alpha value is -2.30. The van der Waals surface area contributed by atoms with Crippen LogP contribution in [0.3, 0.4) is 0 Å². The number of aromatic amines is 1. The predicted molar refractivity (Wildman–Crippen MR) is 66.0 cm³/mol.